The molecule has 0 aromatic heterocycles. The van der Waals surface area contributed by atoms with Gasteiger partial charge in [-0.25, -0.2) is 5.48 Å². The van der Waals surface area contributed by atoms with E-state index in [-0.39, 0.29) is 6.04 Å². The maximum atomic E-state index is 11.3. The van der Waals surface area contributed by atoms with Crippen molar-refractivity contribution < 1.29 is 10.0 Å². The Morgan fingerprint density at radius 3 is 2.57 bits per heavy atom. The van der Waals surface area contributed by atoms with Crippen LogP contribution in [0.3, 0.4) is 0 Å². The number of rotatable bonds is 5. The Bertz CT molecular complexity index is 744. The summed E-state index contributed by atoms with van der Waals surface area (Å²) in [6.45, 7) is 1.98. The molecule has 0 saturated carbocycles. The van der Waals surface area contributed by atoms with Crippen molar-refractivity contribution in [1.29, 1.82) is 5.26 Å². The predicted octanol–water partition coefficient (Wildman–Crippen LogP) is 3.69. The highest BCUT2D eigenvalue weighted by Gasteiger charge is 2.09. The molecule has 0 aliphatic carbocycles. The van der Waals surface area contributed by atoms with Gasteiger partial charge in [0.15, 0.2) is 0 Å². The standard InChI is InChI=1S/C16H14ClN3O2S/c1-10(12-3-5-13(6-4-12)16(21)19-22)20-23-15-7-2-11(9-18)8-14(15)17/h2-8,10,20,22H,1H3,(H,19,21). The first-order chi connectivity index (χ1) is 11.0. The summed E-state index contributed by atoms with van der Waals surface area (Å²) in [7, 11) is 0. The van der Waals surface area contributed by atoms with Crippen molar-refractivity contribution >= 4 is 29.5 Å². The van der Waals surface area contributed by atoms with Gasteiger partial charge in [0, 0.05) is 16.5 Å². The molecule has 0 aliphatic heterocycles. The maximum Gasteiger partial charge on any atom is 0.274 e. The lowest BCUT2D eigenvalue weighted by Crippen LogP contribution is -2.18. The lowest BCUT2D eigenvalue weighted by molar-refractivity contribution is 0.0706. The van der Waals surface area contributed by atoms with Gasteiger partial charge in [-0.05, 0) is 54.8 Å². The van der Waals surface area contributed by atoms with E-state index in [0.29, 0.717) is 16.1 Å². The Balaban J connectivity index is 2.01. The summed E-state index contributed by atoms with van der Waals surface area (Å²) in [6, 6.07) is 14.1. The average Bonchev–Trinajstić information content (AvgIpc) is 2.59. The van der Waals surface area contributed by atoms with Crippen molar-refractivity contribution in [2.45, 2.75) is 17.9 Å². The fourth-order valence-corrected chi connectivity index (χ4v) is 2.89. The van der Waals surface area contributed by atoms with Crippen LogP contribution in [-0.2, 0) is 0 Å². The lowest BCUT2D eigenvalue weighted by atomic mass is 10.1. The van der Waals surface area contributed by atoms with Gasteiger partial charge in [-0.1, -0.05) is 23.7 Å². The Hall–Kier alpha value is -2.04. The molecule has 7 heteroatoms. The largest absolute Gasteiger partial charge is 0.288 e. The molecule has 0 bridgehead atoms. The highest BCUT2D eigenvalue weighted by Crippen LogP contribution is 2.28. The number of nitriles is 1. The van der Waals surface area contributed by atoms with E-state index in [2.05, 4.69) is 4.72 Å². The van der Waals surface area contributed by atoms with Crippen LogP contribution in [0.4, 0.5) is 0 Å². The average molecular weight is 348 g/mol. The smallest absolute Gasteiger partial charge is 0.274 e. The van der Waals surface area contributed by atoms with Crippen molar-refractivity contribution in [2.75, 3.05) is 0 Å². The highest BCUT2D eigenvalue weighted by atomic mass is 35.5. The van der Waals surface area contributed by atoms with E-state index in [1.165, 1.54) is 11.9 Å². The zero-order valence-corrected chi connectivity index (χ0v) is 13.8. The second kappa shape index (κ2) is 7.99. The van der Waals surface area contributed by atoms with Gasteiger partial charge in [0.25, 0.3) is 5.91 Å². The van der Waals surface area contributed by atoms with Gasteiger partial charge in [-0.3, -0.25) is 14.7 Å². The van der Waals surface area contributed by atoms with Crippen LogP contribution in [-0.4, -0.2) is 11.1 Å². The van der Waals surface area contributed by atoms with Crippen molar-refractivity contribution in [3.8, 4) is 6.07 Å². The van der Waals surface area contributed by atoms with Crippen molar-refractivity contribution in [1.82, 2.24) is 10.2 Å². The van der Waals surface area contributed by atoms with Gasteiger partial charge in [-0.15, -0.1) is 0 Å². The fraction of sp³-hybridized carbons (Fsp3) is 0.125. The third kappa shape index (κ3) is 4.47. The highest BCUT2D eigenvalue weighted by molar-refractivity contribution is 7.97. The van der Waals surface area contributed by atoms with Crippen LogP contribution >= 0.6 is 23.5 Å². The van der Waals surface area contributed by atoms with Crippen LogP contribution in [0.1, 0.15) is 34.5 Å². The lowest BCUT2D eigenvalue weighted by Gasteiger charge is -2.14. The summed E-state index contributed by atoms with van der Waals surface area (Å²) in [5.74, 6) is -0.545. The van der Waals surface area contributed by atoms with Crippen LogP contribution in [0.2, 0.25) is 5.02 Å². The summed E-state index contributed by atoms with van der Waals surface area (Å²) >= 11 is 7.50. The van der Waals surface area contributed by atoms with Gasteiger partial charge in [0.1, 0.15) is 0 Å². The molecular weight excluding hydrogens is 334 g/mol. The van der Waals surface area contributed by atoms with Crippen molar-refractivity contribution in [2.24, 2.45) is 0 Å². The van der Waals surface area contributed by atoms with Gasteiger partial charge in [-0.2, -0.15) is 5.26 Å². The number of nitrogens with zero attached hydrogens (tertiary/aromatic N) is 1. The van der Waals surface area contributed by atoms with Gasteiger partial charge in [0.2, 0.25) is 0 Å². The number of carbonyl (C=O) groups is 1. The number of hydrogen-bond donors (Lipinski definition) is 3. The molecule has 5 nitrogen and oxygen atoms in total. The fourth-order valence-electron chi connectivity index (χ4n) is 1.86. The molecular formula is C16H14ClN3O2S. The quantitative estimate of drug-likeness (QED) is 0.436. The summed E-state index contributed by atoms with van der Waals surface area (Å²) in [5, 5.41) is 17.9. The summed E-state index contributed by atoms with van der Waals surface area (Å²) in [5.41, 5.74) is 3.48. The molecule has 2 rings (SSSR count). The van der Waals surface area contributed by atoms with Crippen LogP contribution in [0.15, 0.2) is 47.4 Å². The third-order valence-corrected chi connectivity index (χ3v) is 4.65. The molecule has 0 aliphatic rings. The number of carbonyl (C=O) groups excluding carboxylic acids is 1. The van der Waals surface area contributed by atoms with Crippen molar-refractivity contribution in [3.05, 3.63) is 64.2 Å². The molecule has 1 unspecified atom stereocenters. The monoisotopic (exact) mass is 347 g/mol. The minimum atomic E-state index is -0.545. The van der Waals surface area contributed by atoms with Gasteiger partial charge >= 0.3 is 0 Å². The second-order valence-corrected chi connectivity index (χ2v) is 6.05. The Morgan fingerprint density at radius 2 is 2.00 bits per heavy atom. The Labute approximate surface area is 143 Å². The van der Waals surface area contributed by atoms with Gasteiger partial charge in [0.05, 0.1) is 16.7 Å². The number of hydroxylamine groups is 1. The zero-order valence-electron chi connectivity index (χ0n) is 12.2. The molecule has 0 fully saturated rings. The van der Waals surface area contributed by atoms with Crippen LogP contribution in [0.25, 0.3) is 0 Å². The first-order valence-electron chi connectivity index (χ1n) is 6.71. The predicted molar refractivity (Wildman–Crippen MR) is 89.3 cm³/mol. The number of hydrogen-bond acceptors (Lipinski definition) is 5. The Kier molecular flexibility index (Phi) is 6.02. The summed E-state index contributed by atoms with van der Waals surface area (Å²) < 4.78 is 3.26. The van der Waals surface area contributed by atoms with E-state index in [4.69, 9.17) is 22.1 Å². The van der Waals surface area contributed by atoms with E-state index in [1.807, 2.05) is 25.1 Å². The maximum absolute atomic E-state index is 11.3. The third-order valence-electron chi connectivity index (χ3n) is 3.18. The molecule has 3 N–H and O–H groups in total. The molecule has 0 spiro atoms. The van der Waals surface area contributed by atoms with E-state index >= 15 is 0 Å². The second-order valence-electron chi connectivity index (χ2n) is 4.76. The van der Waals surface area contributed by atoms with Crippen LogP contribution < -0.4 is 10.2 Å². The topological polar surface area (TPSA) is 85.2 Å². The molecule has 0 radical (unpaired) electrons. The molecule has 118 valence electrons. The molecule has 1 amide bonds. The number of benzene rings is 2. The molecule has 0 heterocycles. The van der Waals surface area contributed by atoms with Crippen LogP contribution in [0.5, 0.6) is 0 Å². The minimum absolute atomic E-state index is 0.0120. The first-order valence-corrected chi connectivity index (χ1v) is 7.91. The SMILES string of the molecule is CC(NSc1ccc(C#N)cc1Cl)c1ccc(C(=O)NO)cc1. The zero-order chi connectivity index (χ0) is 16.8. The van der Waals surface area contributed by atoms with E-state index < -0.39 is 5.91 Å². The summed E-state index contributed by atoms with van der Waals surface area (Å²) in [4.78, 5) is 12.1. The van der Waals surface area contributed by atoms with Gasteiger partial charge < -0.3 is 0 Å². The van der Waals surface area contributed by atoms with E-state index in [0.717, 1.165) is 10.5 Å². The minimum Gasteiger partial charge on any atom is -0.288 e. The number of halogens is 1. The molecule has 2 aromatic carbocycles. The number of amides is 1. The van der Waals surface area contributed by atoms with E-state index in [1.54, 1.807) is 35.8 Å². The molecule has 1 atom stereocenters. The molecule has 23 heavy (non-hydrogen) atoms. The number of nitrogens with one attached hydrogen (secondary N) is 2. The molecule has 2 aromatic rings. The van der Waals surface area contributed by atoms with Crippen molar-refractivity contribution in [3.63, 3.8) is 0 Å². The summed E-state index contributed by atoms with van der Waals surface area (Å²) in [6.07, 6.45) is 0. The Morgan fingerprint density at radius 1 is 1.30 bits per heavy atom. The first kappa shape index (κ1) is 17.3. The normalized spacial score (nSPS) is 11.6. The van der Waals surface area contributed by atoms with E-state index in [9.17, 15) is 4.79 Å². The molecule has 0 saturated heterocycles. The van der Waals surface area contributed by atoms with Crippen LogP contribution in [0, 0.1) is 11.3 Å².